The summed E-state index contributed by atoms with van der Waals surface area (Å²) in [5, 5.41) is 0. The summed E-state index contributed by atoms with van der Waals surface area (Å²) in [5.74, 6) is 11.3. The van der Waals surface area contributed by atoms with Crippen molar-refractivity contribution in [2.24, 2.45) is 0 Å². The van der Waals surface area contributed by atoms with Gasteiger partial charge in [-0.05, 0) is 30.0 Å². The van der Waals surface area contributed by atoms with Crippen molar-refractivity contribution in [2.75, 3.05) is 0 Å². The number of aldehydes is 1. The Morgan fingerprint density at radius 2 is 1.44 bits per heavy atom. The molecule has 0 amide bonds. The minimum Gasteiger partial charge on any atom is -0.298 e. The zero-order valence-electron chi connectivity index (χ0n) is 9.68. The van der Waals surface area contributed by atoms with E-state index in [2.05, 4.69) is 23.7 Å². The molecule has 0 spiro atoms. The molecule has 0 radical (unpaired) electrons. The Balaban J connectivity index is 2.19. The van der Waals surface area contributed by atoms with Gasteiger partial charge < -0.3 is 0 Å². The van der Waals surface area contributed by atoms with E-state index in [0.29, 0.717) is 11.1 Å². The summed E-state index contributed by atoms with van der Waals surface area (Å²) < 4.78 is 0. The lowest BCUT2D eigenvalue weighted by Gasteiger charge is -1.92. The average Bonchev–Trinajstić information content (AvgIpc) is 2.45. The first kappa shape index (κ1) is 11.7. The van der Waals surface area contributed by atoms with Gasteiger partial charge in [-0.2, -0.15) is 0 Å². The van der Waals surface area contributed by atoms with Crippen LogP contribution in [-0.2, 0) is 0 Å². The van der Waals surface area contributed by atoms with Crippen LogP contribution in [0.5, 0.6) is 0 Å². The highest BCUT2D eigenvalue weighted by Crippen LogP contribution is 2.03. The minimum absolute atomic E-state index is 0.589. The van der Waals surface area contributed by atoms with Crippen LogP contribution in [0.3, 0.4) is 0 Å². The largest absolute Gasteiger partial charge is 0.298 e. The molecule has 84 valence electrons. The lowest BCUT2D eigenvalue weighted by Crippen LogP contribution is -1.84. The van der Waals surface area contributed by atoms with Gasteiger partial charge in [-0.25, -0.2) is 0 Å². The Labute approximate surface area is 106 Å². The molecular formula is C17H10O. The molecule has 0 heterocycles. The highest BCUT2D eigenvalue weighted by Gasteiger charge is 1.94. The van der Waals surface area contributed by atoms with E-state index in [1.54, 1.807) is 12.1 Å². The molecule has 1 heteroatoms. The monoisotopic (exact) mass is 230 g/mol. The molecule has 0 unspecified atom stereocenters. The van der Waals surface area contributed by atoms with Crippen LogP contribution in [0.25, 0.3) is 0 Å². The molecule has 1 nitrogen and oxygen atoms in total. The molecule has 0 aliphatic carbocycles. The van der Waals surface area contributed by atoms with E-state index in [4.69, 9.17) is 0 Å². The fourth-order valence-electron chi connectivity index (χ4n) is 1.44. The molecule has 0 aromatic heterocycles. The second-order valence-electron chi connectivity index (χ2n) is 3.57. The third kappa shape index (κ3) is 3.11. The molecule has 0 atom stereocenters. The second-order valence-corrected chi connectivity index (χ2v) is 3.57. The van der Waals surface area contributed by atoms with Gasteiger partial charge in [0.05, 0.1) is 0 Å². The van der Waals surface area contributed by atoms with E-state index in [-0.39, 0.29) is 0 Å². The lowest BCUT2D eigenvalue weighted by molar-refractivity contribution is 0.112. The van der Waals surface area contributed by atoms with E-state index in [1.807, 2.05) is 42.5 Å². The topological polar surface area (TPSA) is 17.1 Å². The smallest absolute Gasteiger partial charge is 0.151 e. The number of carbonyl (C=O) groups is 1. The summed E-state index contributed by atoms with van der Waals surface area (Å²) in [7, 11) is 0. The first-order valence-corrected chi connectivity index (χ1v) is 5.51. The van der Waals surface area contributed by atoms with Crippen LogP contribution in [-0.4, -0.2) is 6.29 Å². The van der Waals surface area contributed by atoms with Crippen molar-refractivity contribution in [3.63, 3.8) is 0 Å². The fraction of sp³-hybridized carbons (Fsp3) is 0. The number of hydrogen-bond acceptors (Lipinski definition) is 1. The molecule has 0 aliphatic rings. The highest BCUT2D eigenvalue weighted by atomic mass is 16.1. The first-order valence-electron chi connectivity index (χ1n) is 5.51. The van der Waals surface area contributed by atoms with Gasteiger partial charge in [0.25, 0.3) is 0 Å². The molecule has 2 aromatic carbocycles. The third-order valence-corrected chi connectivity index (χ3v) is 2.33. The normalized spacial score (nSPS) is 8.44. The number of hydrogen-bond donors (Lipinski definition) is 0. The molecule has 18 heavy (non-hydrogen) atoms. The molecule has 0 saturated carbocycles. The standard InChI is InChI=1S/C17H10O/c18-14-17-13-7-6-12-16(17)11-5-4-10-15-8-2-1-3-9-15/h1-3,6-9,12-14H. The van der Waals surface area contributed by atoms with Crippen LogP contribution in [0.4, 0.5) is 0 Å². The quantitative estimate of drug-likeness (QED) is 0.544. The predicted molar refractivity (Wildman–Crippen MR) is 72.0 cm³/mol. The zero-order valence-corrected chi connectivity index (χ0v) is 9.68. The summed E-state index contributed by atoms with van der Waals surface area (Å²) >= 11 is 0. The highest BCUT2D eigenvalue weighted by molar-refractivity contribution is 5.79. The van der Waals surface area contributed by atoms with Crippen molar-refractivity contribution in [2.45, 2.75) is 0 Å². The van der Waals surface area contributed by atoms with Crippen molar-refractivity contribution in [1.82, 2.24) is 0 Å². The van der Waals surface area contributed by atoms with Gasteiger partial charge in [-0.3, -0.25) is 4.79 Å². The maximum Gasteiger partial charge on any atom is 0.151 e. The van der Waals surface area contributed by atoms with Crippen LogP contribution in [0, 0.1) is 23.7 Å². The summed E-state index contributed by atoms with van der Waals surface area (Å²) in [6, 6.07) is 16.9. The van der Waals surface area contributed by atoms with Crippen molar-refractivity contribution < 1.29 is 4.79 Å². The maximum absolute atomic E-state index is 10.8. The first-order chi connectivity index (χ1) is 8.90. The van der Waals surface area contributed by atoms with Crippen LogP contribution in [0.2, 0.25) is 0 Å². The van der Waals surface area contributed by atoms with E-state index in [0.717, 1.165) is 11.8 Å². The van der Waals surface area contributed by atoms with E-state index in [9.17, 15) is 4.79 Å². The van der Waals surface area contributed by atoms with E-state index < -0.39 is 0 Å². The zero-order chi connectivity index (χ0) is 12.6. The summed E-state index contributed by atoms with van der Waals surface area (Å²) in [6.45, 7) is 0. The Morgan fingerprint density at radius 1 is 0.778 bits per heavy atom. The molecule has 0 fully saturated rings. The van der Waals surface area contributed by atoms with Crippen LogP contribution < -0.4 is 0 Å². The molecular weight excluding hydrogens is 220 g/mol. The van der Waals surface area contributed by atoms with Crippen LogP contribution in [0.15, 0.2) is 54.6 Å². The lowest BCUT2D eigenvalue weighted by atomic mass is 10.1. The molecule has 2 rings (SSSR count). The Hall–Kier alpha value is -2.77. The predicted octanol–water partition coefficient (Wildman–Crippen LogP) is 2.90. The van der Waals surface area contributed by atoms with Gasteiger partial charge in [-0.1, -0.05) is 48.2 Å². The SMILES string of the molecule is O=Cc1ccccc1C#CC#Cc1ccccc1. The molecule has 0 N–H and O–H groups in total. The third-order valence-electron chi connectivity index (χ3n) is 2.33. The van der Waals surface area contributed by atoms with Gasteiger partial charge >= 0.3 is 0 Å². The maximum atomic E-state index is 10.8. The Bertz CT molecular complexity index is 661. The van der Waals surface area contributed by atoms with Gasteiger partial charge in [0, 0.05) is 16.7 Å². The van der Waals surface area contributed by atoms with Crippen molar-refractivity contribution >= 4 is 6.29 Å². The molecule has 0 bridgehead atoms. The van der Waals surface area contributed by atoms with Gasteiger partial charge in [0.15, 0.2) is 6.29 Å². The summed E-state index contributed by atoms with van der Waals surface area (Å²) in [4.78, 5) is 10.8. The fourth-order valence-corrected chi connectivity index (χ4v) is 1.44. The van der Waals surface area contributed by atoms with Crippen molar-refractivity contribution in [1.29, 1.82) is 0 Å². The molecule has 0 aliphatic heterocycles. The minimum atomic E-state index is 0.589. The number of rotatable bonds is 1. The molecule has 0 saturated heterocycles. The van der Waals surface area contributed by atoms with E-state index in [1.165, 1.54) is 0 Å². The van der Waals surface area contributed by atoms with Gasteiger partial charge in [0.2, 0.25) is 0 Å². The average molecular weight is 230 g/mol. The van der Waals surface area contributed by atoms with Crippen molar-refractivity contribution in [3.05, 3.63) is 71.3 Å². The van der Waals surface area contributed by atoms with Crippen molar-refractivity contribution in [3.8, 4) is 23.7 Å². The number of benzene rings is 2. The second kappa shape index (κ2) is 6.09. The molecule has 2 aromatic rings. The van der Waals surface area contributed by atoms with Gasteiger partial charge in [0.1, 0.15) is 0 Å². The summed E-state index contributed by atoms with van der Waals surface area (Å²) in [5.41, 5.74) is 2.22. The number of carbonyl (C=O) groups excluding carboxylic acids is 1. The van der Waals surface area contributed by atoms with Gasteiger partial charge in [-0.15, -0.1) is 0 Å². The summed E-state index contributed by atoms with van der Waals surface area (Å²) in [6.07, 6.45) is 0.800. The van der Waals surface area contributed by atoms with Crippen LogP contribution >= 0.6 is 0 Å². The van der Waals surface area contributed by atoms with E-state index >= 15 is 0 Å². The Morgan fingerprint density at radius 3 is 2.22 bits per heavy atom. The van der Waals surface area contributed by atoms with Crippen LogP contribution in [0.1, 0.15) is 21.5 Å². The Kier molecular flexibility index (Phi) is 3.96.